The van der Waals surface area contributed by atoms with Gasteiger partial charge in [0.1, 0.15) is 5.82 Å². The Labute approximate surface area is 123 Å². The number of aromatic nitrogens is 3. The molecule has 0 spiro atoms. The molecule has 21 heavy (non-hydrogen) atoms. The average molecular weight is 317 g/mol. The molecule has 0 bridgehead atoms. The largest absolute Gasteiger partial charge is 0.433 e. The van der Waals surface area contributed by atoms with E-state index < -0.39 is 11.9 Å². The molecular formula is C12H14F3N5S. The normalized spacial score (nSPS) is 11.5. The lowest BCUT2D eigenvalue weighted by Gasteiger charge is -2.11. The Balaban J connectivity index is 2.05. The summed E-state index contributed by atoms with van der Waals surface area (Å²) in [6, 6.07) is 0.897. The van der Waals surface area contributed by atoms with Crippen molar-refractivity contribution >= 4 is 23.1 Å². The van der Waals surface area contributed by atoms with Crippen LogP contribution >= 0.6 is 11.3 Å². The van der Waals surface area contributed by atoms with Crippen LogP contribution in [0.15, 0.2) is 11.4 Å². The fourth-order valence-corrected chi connectivity index (χ4v) is 2.39. The van der Waals surface area contributed by atoms with Gasteiger partial charge in [-0.3, -0.25) is 0 Å². The second kappa shape index (κ2) is 6.25. The fourth-order valence-electron chi connectivity index (χ4n) is 1.61. The van der Waals surface area contributed by atoms with Gasteiger partial charge in [0.2, 0.25) is 5.95 Å². The van der Waals surface area contributed by atoms with Gasteiger partial charge in [0.15, 0.2) is 5.69 Å². The molecular weight excluding hydrogens is 303 g/mol. The summed E-state index contributed by atoms with van der Waals surface area (Å²) in [5, 5.41) is 8.24. The topological polar surface area (TPSA) is 62.7 Å². The molecule has 2 N–H and O–H groups in total. The number of aryl methyl sites for hydroxylation is 1. The zero-order valence-corrected chi connectivity index (χ0v) is 12.3. The molecule has 5 nitrogen and oxygen atoms in total. The van der Waals surface area contributed by atoms with Crippen molar-refractivity contribution in [1.29, 1.82) is 0 Å². The van der Waals surface area contributed by atoms with Crippen LogP contribution in [0.25, 0.3) is 0 Å². The summed E-state index contributed by atoms with van der Waals surface area (Å²) in [6.07, 6.45) is -3.88. The van der Waals surface area contributed by atoms with Gasteiger partial charge in [0.25, 0.3) is 0 Å². The van der Waals surface area contributed by atoms with Crippen molar-refractivity contribution in [3.05, 3.63) is 27.8 Å². The van der Waals surface area contributed by atoms with Crippen molar-refractivity contribution in [1.82, 2.24) is 15.0 Å². The van der Waals surface area contributed by atoms with Gasteiger partial charge in [0.05, 0.1) is 5.01 Å². The smallest absolute Gasteiger partial charge is 0.369 e. The monoisotopic (exact) mass is 317 g/mol. The van der Waals surface area contributed by atoms with E-state index in [0.29, 0.717) is 13.0 Å². The number of anilines is 2. The molecule has 0 aliphatic heterocycles. The number of nitrogens with zero attached hydrogens (tertiary/aromatic N) is 3. The molecule has 2 aromatic rings. The van der Waals surface area contributed by atoms with E-state index in [1.54, 1.807) is 0 Å². The first-order valence-electron chi connectivity index (χ1n) is 6.17. The van der Waals surface area contributed by atoms with E-state index in [4.69, 9.17) is 0 Å². The molecule has 2 aromatic heterocycles. The van der Waals surface area contributed by atoms with Gasteiger partial charge in [-0.2, -0.15) is 18.2 Å². The minimum atomic E-state index is -4.50. The SMILES string of the molecule is CNc1nc(NCCc2nc(C)cs2)cc(C(F)(F)F)n1. The van der Waals surface area contributed by atoms with Crippen molar-refractivity contribution in [3.8, 4) is 0 Å². The second-order valence-corrected chi connectivity index (χ2v) is 5.21. The molecule has 0 radical (unpaired) electrons. The van der Waals surface area contributed by atoms with Crippen molar-refractivity contribution in [2.75, 3.05) is 24.2 Å². The lowest BCUT2D eigenvalue weighted by atomic mass is 10.3. The van der Waals surface area contributed by atoms with Gasteiger partial charge in [-0.1, -0.05) is 0 Å². The molecule has 2 heterocycles. The first-order chi connectivity index (χ1) is 9.88. The van der Waals surface area contributed by atoms with Crippen LogP contribution in [-0.4, -0.2) is 28.5 Å². The molecule has 0 unspecified atom stereocenters. The minimum Gasteiger partial charge on any atom is -0.369 e. The zero-order valence-electron chi connectivity index (χ0n) is 11.5. The lowest BCUT2D eigenvalue weighted by molar-refractivity contribution is -0.141. The predicted molar refractivity (Wildman–Crippen MR) is 75.6 cm³/mol. The molecule has 0 saturated carbocycles. The van der Waals surface area contributed by atoms with E-state index in [2.05, 4.69) is 25.6 Å². The number of thiazole rings is 1. The molecule has 0 aliphatic rings. The maximum absolute atomic E-state index is 12.7. The number of hydrogen-bond acceptors (Lipinski definition) is 6. The highest BCUT2D eigenvalue weighted by Crippen LogP contribution is 2.29. The maximum Gasteiger partial charge on any atom is 0.433 e. The van der Waals surface area contributed by atoms with Crippen LogP contribution in [-0.2, 0) is 12.6 Å². The quantitative estimate of drug-likeness (QED) is 0.888. The van der Waals surface area contributed by atoms with Crippen molar-refractivity contribution < 1.29 is 13.2 Å². The van der Waals surface area contributed by atoms with Crippen molar-refractivity contribution in [3.63, 3.8) is 0 Å². The highest BCUT2D eigenvalue weighted by molar-refractivity contribution is 7.09. The van der Waals surface area contributed by atoms with E-state index in [0.717, 1.165) is 16.8 Å². The van der Waals surface area contributed by atoms with Gasteiger partial charge in [-0.05, 0) is 6.92 Å². The highest BCUT2D eigenvalue weighted by atomic mass is 32.1. The summed E-state index contributed by atoms with van der Waals surface area (Å²) in [5.74, 6) is 0.0624. The molecule has 9 heteroatoms. The molecule has 0 aliphatic carbocycles. The Bertz CT molecular complexity index is 611. The maximum atomic E-state index is 12.7. The van der Waals surface area contributed by atoms with Gasteiger partial charge in [-0.25, -0.2) is 9.97 Å². The summed E-state index contributed by atoms with van der Waals surface area (Å²) < 4.78 is 38.2. The highest BCUT2D eigenvalue weighted by Gasteiger charge is 2.33. The van der Waals surface area contributed by atoms with Gasteiger partial charge >= 0.3 is 6.18 Å². The predicted octanol–water partition coefficient (Wildman–Crippen LogP) is 2.96. The van der Waals surface area contributed by atoms with Crippen molar-refractivity contribution in [2.45, 2.75) is 19.5 Å². The molecule has 114 valence electrons. The van der Waals surface area contributed by atoms with Crippen molar-refractivity contribution in [2.24, 2.45) is 0 Å². The number of rotatable bonds is 5. The minimum absolute atomic E-state index is 0.0718. The fraction of sp³-hybridized carbons (Fsp3) is 0.417. The van der Waals surface area contributed by atoms with Gasteiger partial charge in [0, 0.05) is 37.2 Å². The Kier molecular flexibility index (Phi) is 4.61. The van der Waals surface area contributed by atoms with Crippen LogP contribution < -0.4 is 10.6 Å². The van der Waals surface area contributed by atoms with E-state index in [1.807, 2.05) is 12.3 Å². The van der Waals surface area contributed by atoms with Crippen LogP contribution in [0, 0.1) is 6.92 Å². The Morgan fingerprint density at radius 2 is 2.00 bits per heavy atom. The zero-order chi connectivity index (χ0) is 15.5. The Morgan fingerprint density at radius 3 is 2.57 bits per heavy atom. The van der Waals surface area contributed by atoms with E-state index in [-0.39, 0.29) is 11.8 Å². The molecule has 0 fully saturated rings. The summed E-state index contributed by atoms with van der Waals surface area (Å²) in [5.41, 5.74) is -0.0386. The van der Waals surface area contributed by atoms with Crippen LogP contribution in [0.5, 0.6) is 0 Å². The summed E-state index contributed by atoms with van der Waals surface area (Å²) in [6.45, 7) is 2.34. The van der Waals surface area contributed by atoms with E-state index >= 15 is 0 Å². The van der Waals surface area contributed by atoms with Crippen LogP contribution in [0.3, 0.4) is 0 Å². The summed E-state index contributed by atoms with van der Waals surface area (Å²) in [4.78, 5) is 11.6. The lowest BCUT2D eigenvalue weighted by Crippen LogP contribution is -2.14. The Morgan fingerprint density at radius 1 is 1.24 bits per heavy atom. The number of nitrogens with one attached hydrogen (secondary N) is 2. The van der Waals surface area contributed by atoms with Crippen LogP contribution in [0.4, 0.5) is 24.9 Å². The summed E-state index contributed by atoms with van der Waals surface area (Å²) >= 11 is 1.52. The summed E-state index contributed by atoms with van der Waals surface area (Å²) in [7, 11) is 1.47. The number of alkyl halides is 3. The van der Waals surface area contributed by atoms with E-state index in [1.165, 1.54) is 18.4 Å². The average Bonchev–Trinajstić information content (AvgIpc) is 2.83. The molecule has 2 rings (SSSR count). The number of hydrogen-bond donors (Lipinski definition) is 2. The molecule has 0 aromatic carbocycles. The molecule has 0 atom stereocenters. The van der Waals surface area contributed by atoms with Crippen LogP contribution in [0.2, 0.25) is 0 Å². The third-order valence-corrected chi connectivity index (χ3v) is 3.58. The van der Waals surface area contributed by atoms with Gasteiger partial charge < -0.3 is 10.6 Å². The molecule has 0 amide bonds. The second-order valence-electron chi connectivity index (χ2n) is 4.27. The first-order valence-corrected chi connectivity index (χ1v) is 7.05. The Hall–Kier alpha value is -1.90. The van der Waals surface area contributed by atoms with E-state index in [9.17, 15) is 13.2 Å². The van der Waals surface area contributed by atoms with Crippen LogP contribution in [0.1, 0.15) is 16.4 Å². The third-order valence-electron chi connectivity index (χ3n) is 2.55. The standard InChI is InChI=1S/C12H14F3N5S/c1-7-6-21-10(18-7)3-4-17-9-5-8(12(13,14)15)19-11(16-2)20-9/h5-6H,3-4H2,1-2H3,(H2,16,17,19,20). The van der Waals surface area contributed by atoms with Gasteiger partial charge in [-0.15, -0.1) is 11.3 Å². The first kappa shape index (κ1) is 15.5. The third kappa shape index (κ3) is 4.28. The number of halogens is 3. The molecule has 0 saturated heterocycles.